The summed E-state index contributed by atoms with van der Waals surface area (Å²) in [6, 6.07) is 14.1. The lowest BCUT2D eigenvalue weighted by atomic mass is 9.89. The molecule has 0 aromatic heterocycles. The summed E-state index contributed by atoms with van der Waals surface area (Å²) in [4.78, 5) is 0. The van der Waals surface area contributed by atoms with Gasteiger partial charge in [-0.25, -0.2) is 0 Å². The highest BCUT2D eigenvalue weighted by Crippen LogP contribution is 2.26. The Bertz CT molecular complexity index is 566. The van der Waals surface area contributed by atoms with Crippen LogP contribution in [0.3, 0.4) is 0 Å². The van der Waals surface area contributed by atoms with E-state index in [0.29, 0.717) is 12.5 Å². The largest absolute Gasteiger partial charge is 0.497 e. The summed E-state index contributed by atoms with van der Waals surface area (Å²) in [6.45, 7) is 2.72. The Kier molecular flexibility index (Phi) is 5.05. The first-order valence-electron chi connectivity index (χ1n) is 6.73. The van der Waals surface area contributed by atoms with Crippen molar-refractivity contribution in [2.75, 3.05) is 13.7 Å². The smallest absolute Gasteiger partial charge is 0.119 e. The van der Waals surface area contributed by atoms with Gasteiger partial charge in [0.25, 0.3) is 0 Å². The Morgan fingerprint density at radius 3 is 2.40 bits per heavy atom. The van der Waals surface area contributed by atoms with Crippen molar-refractivity contribution in [3.05, 3.63) is 64.2 Å². The Hall–Kier alpha value is -1.51. The molecule has 20 heavy (non-hydrogen) atoms. The van der Waals surface area contributed by atoms with Crippen molar-refractivity contribution in [1.82, 2.24) is 0 Å². The van der Waals surface area contributed by atoms with Gasteiger partial charge in [0.1, 0.15) is 5.75 Å². The summed E-state index contributed by atoms with van der Waals surface area (Å²) >= 11 is 5.92. The molecule has 3 heteroatoms. The molecular weight excluding hydrogens is 270 g/mol. The first kappa shape index (κ1) is 14.9. The van der Waals surface area contributed by atoms with Gasteiger partial charge in [-0.05, 0) is 60.8 Å². The van der Waals surface area contributed by atoms with Crippen LogP contribution in [0.1, 0.15) is 22.6 Å². The van der Waals surface area contributed by atoms with Crippen LogP contribution in [0.4, 0.5) is 0 Å². The van der Waals surface area contributed by atoms with Gasteiger partial charge in [-0.1, -0.05) is 29.8 Å². The number of aryl methyl sites for hydroxylation is 1. The van der Waals surface area contributed by atoms with E-state index < -0.39 is 0 Å². The maximum Gasteiger partial charge on any atom is 0.119 e. The van der Waals surface area contributed by atoms with Crippen LogP contribution >= 0.6 is 11.6 Å². The molecule has 1 unspecified atom stereocenters. The molecule has 106 valence electrons. The first-order valence-corrected chi connectivity index (χ1v) is 7.11. The fraction of sp³-hybridized carbons (Fsp3) is 0.294. The van der Waals surface area contributed by atoms with Crippen LogP contribution in [0.5, 0.6) is 5.75 Å². The van der Waals surface area contributed by atoms with Gasteiger partial charge in [-0.15, -0.1) is 0 Å². The van der Waals surface area contributed by atoms with Crippen molar-refractivity contribution in [3.8, 4) is 5.75 Å². The molecule has 1 atom stereocenters. The van der Waals surface area contributed by atoms with Crippen molar-refractivity contribution in [1.29, 1.82) is 0 Å². The summed E-state index contributed by atoms with van der Waals surface area (Å²) in [5, 5.41) is 0.763. The minimum atomic E-state index is 0.307. The van der Waals surface area contributed by atoms with E-state index in [1.54, 1.807) is 7.11 Å². The molecule has 0 saturated heterocycles. The average Bonchev–Trinajstić information content (AvgIpc) is 2.47. The molecule has 0 aliphatic rings. The summed E-state index contributed by atoms with van der Waals surface area (Å²) < 4.78 is 5.25. The van der Waals surface area contributed by atoms with Crippen LogP contribution in [0.2, 0.25) is 5.02 Å². The van der Waals surface area contributed by atoms with Crippen LogP contribution in [0, 0.1) is 6.92 Å². The Morgan fingerprint density at radius 1 is 1.15 bits per heavy atom. The SMILES string of the molecule is COc1ccc(C(CN)Cc2ccc(Cl)cc2)c(C)c1. The number of hydrogen-bond donors (Lipinski definition) is 1. The van der Waals surface area contributed by atoms with Gasteiger partial charge >= 0.3 is 0 Å². The lowest BCUT2D eigenvalue weighted by molar-refractivity contribution is 0.414. The topological polar surface area (TPSA) is 35.2 Å². The molecule has 0 saturated carbocycles. The molecular formula is C17H20ClNO. The highest BCUT2D eigenvalue weighted by Gasteiger charge is 2.13. The summed E-state index contributed by atoms with van der Waals surface area (Å²) in [5.41, 5.74) is 9.71. The van der Waals surface area contributed by atoms with Crippen LogP contribution in [-0.2, 0) is 6.42 Å². The molecule has 2 aromatic rings. The van der Waals surface area contributed by atoms with Crippen molar-refractivity contribution in [3.63, 3.8) is 0 Å². The second kappa shape index (κ2) is 6.78. The van der Waals surface area contributed by atoms with E-state index in [1.165, 1.54) is 16.7 Å². The van der Waals surface area contributed by atoms with Crippen molar-refractivity contribution >= 4 is 11.6 Å². The third-order valence-electron chi connectivity index (χ3n) is 3.60. The summed E-state index contributed by atoms with van der Waals surface area (Å²) in [7, 11) is 1.68. The number of benzene rings is 2. The monoisotopic (exact) mass is 289 g/mol. The van der Waals surface area contributed by atoms with Crippen LogP contribution in [0.15, 0.2) is 42.5 Å². The van der Waals surface area contributed by atoms with E-state index in [-0.39, 0.29) is 0 Å². The van der Waals surface area contributed by atoms with Crippen molar-refractivity contribution in [2.45, 2.75) is 19.3 Å². The van der Waals surface area contributed by atoms with Gasteiger partial charge in [0.05, 0.1) is 7.11 Å². The summed E-state index contributed by atoms with van der Waals surface area (Å²) in [6.07, 6.45) is 0.917. The Labute approximate surface area is 125 Å². The first-order chi connectivity index (χ1) is 9.63. The van der Waals surface area contributed by atoms with Gasteiger partial charge in [0.2, 0.25) is 0 Å². The van der Waals surface area contributed by atoms with E-state index >= 15 is 0 Å². The zero-order valence-corrected chi connectivity index (χ0v) is 12.7. The van der Waals surface area contributed by atoms with Crippen LogP contribution in [0.25, 0.3) is 0 Å². The molecule has 0 heterocycles. The number of nitrogens with two attached hydrogens (primary N) is 1. The molecule has 0 fully saturated rings. The molecule has 0 amide bonds. The molecule has 0 radical (unpaired) electrons. The minimum Gasteiger partial charge on any atom is -0.497 e. The number of methoxy groups -OCH3 is 1. The fourth-order valence-electron chi connectivity index (χ4n) is 2.46. The molecule has 0 spiro atoms. The van der Waals surface area contributed by atoms with Gasteiger partial charge in [0.15, 0.2) is 0 Å². The number of ether oxygens (including phenoxy) is 1. The number of rotatable bonds is 5. The zero-order valence-electron chi connectivity index (χ0n) is 11.9. The maximum absolute atomic E-state index is 5.96. The molecule has 2 rings (SSSR count). The highest BCUT2D eigenvalue weighted by molar-refractivity contribution is 6.30. The Morgan fingerprint density at radius 2 is 1.85 bits per heavy atom. The van der Waals surface area contributed by atoms with E-state index in [0.717, 1.165) is 17.2 Å². The van der Waals surface area contributed by atoms with E-state index in [4.69, 9.17) is 22.1 Å². The van der Waals surface area contributed by atoms with Crippen molar-refractivity contribution in [2.24, 2.45) is 5.73 Å². The van der Waals surface area contributed by atoms with E-state index in [1.807, 2.05) is 18.2 Å². The molecule has 0 aliphatic carbocycles. The number of halogens is 1. The van der Waals surface area contributed by atoms with Crippen LogP contribution < -0.4 is 10.5 Å². The highest BCUT2D eigenvalue weighted by atomic mass is 35.5. The fourth-order valence-corrected chi connectivity index (χ4v) is 2.58. The van der Waals surface area contributed by atoms with Gasteiger partial charge < -0.3 is 10.5 Å². The van der Waals surface area contributed by atoms with Crippen molar-refractivity contribution < 1.29 is 4.74 Å². The van der Waals surface area contributed by atoms with E-state index in [2.05, 4.69) is 31.2 Å². The summed E-state index contributed by atoms with van der Waals surface area (Å²) in [5.74, 6) is 1.19. The average molecular weight is 290 g/mol. The quantitative estimate of drug-likeness (QED) is 0.905. The molecule has 0 aliphatic heterocycles. The normalized spacial score (nSPS) is 12.2. The predicted octanol–water partition coefficient (Wildman–Crippen LogP) is 3.94. The van der Waals surface area contributed by atoms with Crippen LogP contribution in [-0.4, -0.2) is 13.7 Å². The molecule has 0 bridgehead atoms. The third kappa shape index (κ3) is 3.53. The van der Waals surface area contributed by atoms with Gasteiger partial charge in [-0.2, -0.15) is 0 Å². The van der Waals surface area contributed by atoms with Gasteiger partial charge in [0, 0.05) is 10.9 Å². The second-order valence-electron chi connectivity index (χ2n) is 4.99. The lowest BCUT2D eigenvalue weighted by Gasteiger charge is -2.18. The standard InChI is InChI=1S/C17H20ClNO/c1-12-9-16(20-2)7-8-17(12)14(11-19)10-13-3-5-15(18)6-4-13/h3-9,14H,10-11,19H2,1-2H3. The minimum absolute atomic E-state index is 0.307. The second-order valence-corrected chi connectivity index (χ2v) is 5.42. The predicted molar refractivity (Wildman–Crippen MR) is 84.7 cm³/mol. The molecule has 2 aromatic carbocycles. The Balaban J connectivity index is 2.21. The zero-order chi connectivity index (χ0) is 14.5. The van der Waals surface area contributed by atoms with Gasteiger partial charge in [-0.3, -0.25) is 0 Å². The number of hydrogen-bond acceptors (Lipinski definition) is 2. The molecule has 2 N–H and O–H groups in total. The lowest BCUT2D eigenvalue weighted by Crippen LogP contribution is -2.16. The third-order valence-corrected chi connectivity index (χ3v) is 3.85. The maximum atomic E-state index is 5.96. The molecule has 2 nitrogen and oxygen atoms in total. The van der Waals surface area contributed by atoms with E-state index in [9.17, 15) is 0 Å².